The summed E-state index contributed by atoms with van der Waals surface area (Å²) in [6.45, 7) is 5.07. The minimum Gasteiger partial charge on any atom is -0.507 e. The summed E-state index contributed by atoms with van der Waals surface area (Å²) in [5.74, 6) is -1.30. The summed E-state index contributed by atoms with van der Waals surface area (Å²) in [5.41, 5.74) is 2.87. The lowest BCUT2D eigenvalue weighted by atomic mass is 9.97. The number of rotatable bonds is 5. The molecule has 2 saturated heterocycles. The molecule has 1 amide bonds. The number of amides is 1. The van der Waals surface area contributed by atoms with Crippen LogP contribution in [0.3, 0.4) is 0 Å². The van der Waals surface area contributed by atoms with Crippen molar-refractivity contribution in [3.05, 3.63) is 62.9 Å². The largest absolute Gasteiger partial charge is 0.507 e. The Balaban J connectivity index is 1.80. The normalized spacial score (nSPS) is 23.9. The van der Waals surface area contributed by atoms with Crippen molar-refractivity contribution in [3.8, 4) is 0 Å². The number of likely N-dealkylation sites (tertiary alicyclic amines) is 1. The molecule has 4 rings (SSSR count). The third-order valence-corrected chi connectivity index (χ3v) is 6.82. The van der Waals surface area contributed by atoms with Gasteiger partial charge in [-0.3, -0.25) is 9.59 Å². The lowest BCUT2D eigenvalue weighted by Gasteiger charge is -2.27. The number of aliphatic hydroxyl groups excluding tert-OH is 1. The van der Waals surface area contributed by atoms with Gasteiger partial charge in [-0.25, -0.2) is 0 Å². The van der Waals surface area contributed by atoms with Crippen molar-refractivity contribution < 1.29 is 19.4 Å². The fraction of sp³-hybridized carbons (Fsp3) is 0.391. The number of hydrogen-bond acceptors (Lipinski definition) is 5. The third-order valence-electron chi connectivity index (χ3n) is 5.75. The number of aryl methyl sites for hydroxylation is 2. The number of ketones is 1. The highest BCUT2D eigenvalue weighted by atomic mass is 32.1. The first-order valence-electron chi connectivity index (χ1n) is 10.0. The fourth-order valence-electron chi connectivity index (χ4n) is 4.07. The van der Waals surface area contributed by atoms with Crippen LogP contribution in [0.5, 0.6) is 0 Å². The van der Waals surface area contributed by atoms with E-state index in [1.807, 2.05) is 30.5 Å². The minimum atomic E-state index is -0.627. The van der Waals surface area contributed by atoms with E-state index in [4.69, 9.17) is 4.74 Å². The van der Waals surface area contributed by atoms with Crippen molar-refractivity contribution in [2.75, 3.05) is 13.2 Å². The molecule has 29 heavy (non-hydrogen) atoms. The molecule has 5 nitrogen and oxygen atoms in total. The van der Waals surface area contributed by atoms with Crippen LogP contribution in [0.15, 0.2) is 41.3 Å². The lowest BCUT2D eigenvalue weighted by molar-refractivity contribution is -0.140. The van der Waals surface area contributed by atoms with Crippen molar-refractivity contribution in [2.24, 2.45) is 0 Å². The molecule has 1 N–H and O–H groups in total. The van der Waals surface area contributed by atoms with E-state index in [1.165, 1.54) is 11.3 Å². The topological polar surface area (TPSA) is 66.8 Å². The van der Waals surface area contributed by atoms with Crippen molar-refractivity contribution in [1.82, 2.24) is 4.90 Å². The molecule has 2 fully saturated rings. The van der Waals surface area contributed by atoms with Crippen LogP contribution in [0.25, 0.3) is 5.76 Å². The number of hydrogen-bond donors (Lipinski definition) is 1. The van der Waals surface area contributed by atoms with Gasteiger partial charge in [0, 0.05) is 23.6 Å². The smallest absolute Gasteiger partial charge is 0.295 e. The average molecular weight is 412 g/mol. The Morgan fingerprint density at radius 2 is 2.00 bits per heavy atom. The molecule has 0 aliphatic carbocycles. The van der Waals surface area contributed by atoms with E-state index in [1.54, 1.807) is 17.0 Å². The van der Waals surface area contributed by atoms with Gasteiger partial charge in [0.25, 0.3) is 11.7 Å². The molecular weight excluding hydrogens is 386 g/mol. The number of carbonyl (C=O) groups excluding carboxylic acids is 2. The Morgan fingerprint density at radius 1 is 1.24 bits per heavy atom. The second kappa shape index (κ2) is 8.13. The van der Waals surface area contributed by atoms with Crippen LogP contribution in [-0.2, 0) is 20.7 Å². The second-order valence-corrected chi connectivity index (χ2v) is 8.55. The molecule has 2 unspecified atom stereocenters. The molecule has 2 aliphatic rings. The number of nitrogens with zero attached hydrogens (tertiary/aromatic N) is 1. The van der Waals surface area contributed by atoms with E-state index in [0.717, 1.165) is 35.3 Å². The molecular formula is C23H25NO4S. The van der Waals surface area contributed by atoms with Gasteiger partial charge in [-0.2, -0.15) is 0 Å². The SMILES string of the molecule is CCc1ccc(/C(O)=C2/C(=O)C(=O)N(CC3CCCO3)C2c2sccc2C)cc1. The first-order chi connectivity index (χ1) is 14.0. The number of Topliss-reactive ketones (excluding diaryl/α,β-unsaturated/α-hetero) is 1. The molecule has 3 heterocycles. The zero-order chi connectivity index (χ0) is 20.5. The molecule has 1 aromatic carbocycles. The maximum Gasteiger partial charge on any atom is 0.295 e. The summed E-state index contributed by atoms with van der Waals surface area (Å²) in [5, 5.41) is 13.0. The standard InChI is InChI=1S/C23H25NO4S/c1-3-15-6-8-16(9-7-15)20(25)18-19(22-14(2)10-12-29-22)24(23(27)21(18)26)13-17-5-4-11-28-17/h6-10,12,17,19,25H,3-5,11,13H2,1-2H3/b20-18-. The molecule has 152 valence electrons. The number of ether oxygens (including phenoxy) is 1. The van der Waals surface area contributed by atoms with Gasteiger partial charge < -0.3 is 14.7 Å². The van der Waals surface area contributed by atoms with Crippen molar-refractivity contribution in [3.63, 3.8) is 0 Å². The zero-order valence-corrected chi connectivity index (χ0v) is 17.5. The monoisotopic (exact) mass is 411 g/mol. The fourth-order valence-corrected chi connectivity index (χ4v) is 5.11. The van der Waals surface area contributed by atoms with Crippen molar-refractivity contribution >= 4 is 28.8 Å². The number of benzene rings is 1. The molecule has 1 aromatic heterocycles. The zero-order valence-electron chi connectivity index (χ0n) is 16.7. The molecule has 0 radical (unpaired) electrons. The summed E-state index contributed by atoms with van der Waals surface area (Å²) in [7, 11) is 0. The van der Waals surface area contributed by atoms with Gasteiger partial charge in [0.15, 0.2) is 0 Å². The number of aliphatic hydroxyl groups is 1. The van der Waals surface area contributed by atoms with Crippen LogP contribution < -0.4 is 0 Å². The molecule has 2 aliphatic heterocycles. The summed E-state index contributed by atoms with van der Waals surface area (Å²) in [6.07, 6.45) is 2.65. The third kappa shape index (κ3) is 3.63. The van der Waals surface area contributed by atoms with Gasteiger partial charge in [-0.1, -0.05) is 31.2 Å². The Labute approximate surface area is 174 Å². The maximum atomic E-state index is 13.0. The number of thiophene rings is 1. The molecule has 0 saturated carbocycles. The van der Waals surface area contributed by atoms with Gasteiger partial charge in [-0.15, -0.1) is 11.3 Å². The van der Waals surface area contributed by atoms with Crippen LogP contribution in [-0.4, -0.2) is 41.0 Å². The summed E-state index contributed by atoms with van der Waals surface area (Å²) < 4.78 is 5.72. The van der Waals surface area contributed by atoms with Crippen LogP contribution in [0, 0.1) is 6.92 Å². The summed E-state index contributed by atoms with van der Waals surface area (Å²) in [4.78, 5) is 28.4. The van der Waals surface area contributed by atoms with E-state index in [0.29, 0.717) is 18.7 Å². The highest BCUT2D eigenvalue weighted by Gasteiger charge is 2.47. The van der Waals surface area contributed by atoms with E-state index in [9.17, 15) is 14.7 Å². The predicted molar refractivity (Wildman–Crippen MR) is 113 cm³/mol. The van der Waals surface area contributed by atoms with Crippen LogP contribution in [0.4, 0.5) is 0 Å². The Morgan fingerprint density at radius 3 is 2.59 bits per heavy atom. The van der Waals surface area contributed by atoms with Crippen molar-refractivity contribution in [2.45, 2.75) is 45.3 Å². The highest BCUT2D eigenvalue weighted by Crippen LogP contribution is 2.43. The number of carbonyl (C=O) groups is 2. The molecule has 6 heteroatoms. The Kier molecular flexibility index (Phi) is 5.56. The Bertz CT molecular complexity index is 954. The van der Waals surface area contributed by atoms with Gasteiger partial charge in [0.1, 0.15) is 5.76 Å². The molecule has 2 aromatic rings. The maximum absolute atomic E-state index is 13.0. The summed E-state index contributed by atoms with van der Waals surface area (Å²) in [6, 6.07) is 8.87. The molecule has 0 spiro atoms. The predicted octanol–water partition coefficient (Wildman–Crippen LogP) is 4.22. The van der Waals surface area contributed by atoms with Gasteiger partial charge in [0.2, 0.25) is 0 Å². The summed E-state index contributed by atoms with van der Waals surface area (Å²) >= 11 is 1.50. The highest BCUT2D eigenvalue weighted by molar-refractivity contribution is 7.10. The van der Waals surface area contributed by atoms with Crippen LogP contribution in [0.1, 0.15) is 47.4 Å². The quantitative estimate of drug-likeness (QED) is 0.454. The first kappa shape index (κ1) is 19.9. The Hall–Kier alpha value is -2.44. The average Bonchev–Trinajstić information content (AvgIpc) is 3.45. The van der Waals surface area contributed by atoms with Gasteiger partial charge in [0.05, 0.1) is 17.7 Å². The second-order valence-electron chi connectivity index (χ2n) is 7.60. The van der Waals surface area contributed by atoms with Gasteiger partial charge >= 0.3 is 0 Å². The van der Waals surface area contributed by atoms with Crippen molar-refractivity contribution in [1.29, 1.82) is 0 Å². The van der Waals surface area contributed by atoms with E-state index in [-0.39, 0.29) is 17.4 Å². The first-order valence-corrected chi connectivity index (χ1v) is 10.9. The van der Waals surface area contributed by atoms with E-state index < -0.39 is 17.7 Å². The molecule has 0 bridgehead atoms. The van der Waals surface area contributed by atoms with E-state index >= 15 is 0 Å². The molecule has 2 atom stereocenters. The van der Waals surface area contributed by atoms with Gasteiger partial charge in [-0.05, 0) is 48.8 Å². The minimum absolute atomic E-state index is 0.0696. The van der Waals surface area contributed by atoms with Crippen LogP contribution in [0.2, 0.25) is 0 Å². The van der Waals surface area contributed by atoms with E-state index in [2.05, 4.69) is 6.92 Å². The lowest BCUT2D eigenvalue weighted by Crippen LogP contribution is -2.36. The van der Waals surface area contributed by atoms with Crippen LogP contribution >= 0.6 is 11.3 Å².